The maximum Gasteiger partial charge on any atom is 0.310 e. The Morgan fingerprint density at radius 2 is 1.84 bits per heavy atom. The number of hydrogen-bond acceptors (Lipinski definition) is 6. The van der Waals surface area contributed by atoms with Gasteiger partial charge in [-0.2, -0.15) is 0 Å². The first-order chi connectivity index (χ1) is 15.2. The van der Waals surface area contributed by atoms with Crippen LogP contribution in [0.5, 0.6) is 11.5 Å². The minimum absolute atomic E-state index is 0.150. The van der Waals surface area contributed by atoms with E-state index in [1.807, 2.05) is 66.9 Å². The smallest absolute Gasteiger partial charge is 0.310 e. The number of methoxy groups -OCH3 is 1. The van der Waals surface area contributed by atoms with Crippen LogP contribution in [0.1, 0.15) is 18.2 Å². The molecule has 5 nitrogen and oxygen atoms in total. The van der Waals surface area contributed by atoms with E-state index in [4.69, 9.17) is 14.2 Å². The standard InChI is InChI=1S/C25H23NO4S/c1-3-29-22-11-10-20(14-23(22)28-2)25-26-21(16-31-25)15-30-24(27)13-17-8-9-18-6-4-5-7-19(18)12-17/h4-12,14,16H,3,13,15H2,1-2H3. The van der Waals surface area contributed by atoms with Gasteiger partial charge in [-0.1, -0.05) is 42.5 Å². The van der Waals surface area contributed by atoms with Crippen molar-refractivity contribution >= 4 is 28.1 Å². The van der Waals surface area contributed by atoms with Crippen LogP contribution < -0.4 is 9.47 Å². The summed E-state index contributed by atoms with van der Waals surface area (Å²) in [6, 6.07) is 19.8. The molecule has 0 radical (unpaired) electrons. The van der Waals surface area contributed by atoms with Gasteiger partial charge >= 0.3 is 5.97 Å². The number of benzene rings is 3. The normalized spacial score (nSPS) is 10.8. The molecule has 158 valence electrons. The highest BCUT2D eigenvalue weighted by atomic mass is 32.1. The fourth-order valence-electron chi connectivity index (χ4n) is 3.30. The summed E-state index contributed by atoms with van der Waals surface area (Å²) in [6.45, 7) is 2.65. The number of aromatic nitrogens is 1. The van der Waals surface area contributed by atoms with Crippen LogP contribution in [-0.4, -0.2) is 24.7 Å². The number of rotatable bonds is 8. The van der Waals surface area contributed by atoms with Gasteiger partial charge in [0.15, 0.2) is 11.5 Å². The Morgan fingerprint density at radius 3 is 2.65 bits per heavy atom. The molecule has 0 N–H and O–H groups in total. The fraction of sp³-hybridized carbons (Fsp3) is 0.200. The summed E-state index contributed by atoms with van der Waals surface area (Å²) in [6.07, 6.45) is 0.234. The Morgan fingerprint density at radius 1 is 1.00 bits per heavy atom. The summed E-state index contributed by atoms with van der Waals surface area (Å²) in [7, 11) is 1.61. The van der Waals surface area contributed by atoms with Gasteiger partial charge in [0.1, 0.15) is 11.6 Å². The van der Waals surface area contributed by atoms with Crippen molar-refractivity contribution < 1.29 is 19.0 Å². The zero-order valence-corrected chi connectivity index (χ0v) is 18.3. The molecule has 0 aliphatic rings. The fourth-order valence-corrected chi connectivity index (χ4v) is 4.10. The minimum atomic E-state index is -0.271. The maximum absolute atomic E-state index is 12.3. The van der Waals surface area contributed by atoms with E-state index < -0.39 is 0 Å². The molecule has 3 aromatic carbocycles. The van der Waals surface area contributed by atoms with Gasteiger partial charge in [-0.05, 0) is 41.5 Å². The molecular formula is C25H23NO4S. The van der Waals surface area contributed by atoms with E-state index in [0.717, 1.165) is 32.6 Å². The first-order valence-electron chi connectivity index (χ1n) is 10.0. The zero-order chi connectivity index (χ0) is 21.6. The number of carbonyl (C=O) groups is 1. The molecule has 0 saturated carbocycles. The van der Waals surface area contributed by atoms with Crippen LogP contribution in [0.3, 0.4) is 0 Å². The van der Waals surface area contributed by atoms with Gasteiger partial charge in [-0.3, -0.25) is 4.79 Å². The predicted octanol–water partition coefficient (Wildman–Crippen LogP) is 5.66. The first kappa shape index (κ1) is 20.9. The third kappa shape index (κ3) is 5.03. The van der Waals surface area contributed by atoms with E-state index in [-0.39, 0.29) is 19.0 Å². The zero-order valence-electron chi connectivity index (χ0n) is 17.5. The lowest BCUT2D eigenvalue weighted by Crippen LogP contribution is -2.08. The number of nitrogens with zero attached hydrogens (tertiary/aromatic N) is 1. The molecule has 31 heavy (non-hydrogen) atoms. The number of hydrogen-bond donors (Lipinski definition) is 0. The van der Waals surface area contributed by atoms with Crippen molar-refractivity contribution in [2.24, 2.45) is 0 Å². The van der Waals surface area contributed by atoms with Crippen molar-refractivity contribution in [3.8, 4) is 22.1 Å². The summed E-state index contributed by atoms with van der Waals surface area (Å²) in [5, 5.41) is 5.01. The largest absolute Gasteiger partial charge is 0.493 e. The third-order valence-electron chi connectivity index (χ3n) is 4.81. The van der Waals surface area contributed by atoms with Gasteiger partial charge in [-0.25, -0.2) is 4.98 Å². The van der Waals surface area contributed by atoms with Crippen molar-refractivity contribution in [2.45, 2.75) is 20.0 Å². The number of fused-ring (bicyclic) bond motifs is 1. The van der Waals surface area contributed by atoms with Crippen LogP contribution in [-0.2, 0) is 22.6 Å². The molecule has 4 rings (SSSR count). The number of ether oxygens (including phenoxy) is 3. The summed E-state index contributed by atoms with van der Waals surface area (Å²) >= 11 is 1.50. The Hall–Kier alpha value is -3.38. The van der Waals surface area contributed by atoms with Gasteiger partial charge in [-0.15, -0.1) is 11.3 Å². The highest BCUT2D eigenvalue weighted by Crippen LogP contribution is 2.33. The number of esters is 1. The van der Waals surface area contributed by atoms with Gasteiger partial charge in [0, 0.05) is 10.9 Å². The Kier molecular flexibility index (Phi) is 6.48. The van der Waals surface area contributed by atoms with E-state index in [1.165, 1.54) is 11.3 Å². The van der Waals surface area contributed by atoms with E-state index >= 15 is 0 Å². The molecule has 0 amide bonds. The van der Waals surface area contributed by atoms with Crippen molar-refractivity contribution in [2.75, 3.05) is 13.7 Å². The highest BCUT2D eigenvalue weighted by Gasteiger charge is 2.12. The molecule has 0 unspecified atom stereocenters. The lowest BCUT2D eigenvalue weighted by molar-refractivity contribution is -0.144. The van der Waals surface area contributed by atoms with Crippen LogP contribution in [0, 0.1) is 0 Å². The van der Waals surface area contributed by atoms with Crippen molar-refractivity contribution in [1.29, 1.82) is 0 Å². The van der Waals surface area contributed by atoms with Crippen LogP contribution in [0.2, 0.25) is 0 Å². The van der Waals surface area contributed by atoms with Crippen LogP contribution in [0.15, 0.2) is 66.0 Å². The van der Waals surface area contributed by atoms with Gasteiger partial charge < -0.3 is 14.2 Å². The molecule has 0 saturated heterocycles. The van der Waals surface area contributed by atoms with E-state index in [1.54, 1.807) is 7.11 Å². The van der Waals surface area contributed by atoms with Gasteiger partial charge in [0.05, 0.1) is 25.8 Å². The highest BCUT2D eigenvalue weighted by molar-refractivity contribution is 7.13. The molecule has 4 aromatic rings. The Balaban J connectivity index is 1.38. The van der Waals surface area contributed by atoms with Crippen LogP contribution in [0.25, 0.3) is 21.3 Å². The molecule has 0 aliphatic carbocycles. The summed E-state index contributed by atoms with van der Waals surface area (Å²) in [5.41, 5.74) is 2.59. The van der Waals surface area contributed by atoms with Gasteiger partial charge in [0.2, 0.25) is 0 Å². The summed E-state index contributed by atoms with van der Waals surface area (Å²) in [5.74, 6) is 1.10. The van der Waals surface area contributed by atoms with E-state index in [2.05, 4.69) is 11.1 Å². The summed E-state index contributed by atoms with van der Waals surface area (Å²) < 4.78 is 16.4. The van der Waals surface area contributed by atoms with Crippen LogP contribution in [0.4, 0.5) is 0 Å². The Labute approximate surface area is 185 Å². The first-order valence-corrected chi connectivity index (χ1v) is 10.9. The molecule has 0 bridgehead atoms. The monoisotopic (exact) mass is 433 g/mol. The molecule has 0 aliphatic heterocycles. The summed E-state index contributed by atoms with van der Waals surface area (Å²) in [4.78, 5) is 16.9. The maximum atomic E-state index is 12.3. The molecule has 0 fully saturated rings. The third-order valence-corrected chi connectivity index (χ3v) is 5.75. The lowest BCUT2D eigenvalue weighted by atomic mass is 10.1. The van der Waals surface area contributed by atoms with Gasteiger partial charge in [0.25, 0.3) is 0 Å². The van der Waals surface area contributed by atoms with Crippen molar-refractivity contribution in [3.63, 3.8) is 0 Å². The number of carbonyl (C=O) groups excluding carboxylic acids is 1. The second kappa shape index (κ2) is 9.62. The van der Waals surface area contributed by atoms with Crippen molar-refractivity contribution in [3.05, 3.63) is 77.3 Å². The lowest BCUT2D eigenvalue weighted by Gasteiger charge is -2.10. The second-order valence-electron chi connectivity index (χ2n) is 6.96. The van der Waals surface area contributed by atoms with E-state index in [9.17, 15) is 4.79 Å². The van der Waals surface area contributed by atoms with E-state index in [0.29, 0.717) is 18.1 Å². The average Bonchev–Trinajstić information content (AvgIpc) is 3.27. The SMILES string of the molecule is CCOc1ccc(-c2nc(COC(=O)Cc3ccc4ccccc4c3)cs2)cc1OC. The molecular weight excluding hydrogens is 410 g/mol. The quantitative estimate of drug-likeness (QED) is 0.336. The topological polar surface area (TPSA) is 57.7 Å². The second-order valence-corrected chi connectivity index (χ2v) is 7.82. The molecule has 0 atom stereocenters. The van der Waals surface area contributed by atoms with Crippen LogP contribution >= 0.6 is 11.3 Å². The molecule has 1 heterocycles. The average molecular weight is 434 g/mol. The number of thiazole rings is 1. The minimum Gasteiger partial charge on any atom is -0.493 e. The Bertz CT molecular complexity index is 1200. The molecule has 1 aromatic heterocycles. The van der Waals surface area contributed by atoms with Crippen molar-refractivity contribution in [1.82, 2.24) is 4.98 Å². The molecule has 6 heteroatoms. The predicted molar refractivity (Wildman–Crippen MR) is 123 cm³/mol. The molecule has 0 spiro atoms.